The normalized spacial score (nSPS) is 20.4. The van der Waals surface area contributed by atoms with Crippen molar-refractivity contribution in [2.24, 2.45) is 0 Å². The molecule has 0 saturated carbocycles. The van der Waals surface area contributed by atoms with Gasteiger partial charge in [0, 0.05) is 39.3 Å². The maximum atomic E-state index is 12.5. The quantitative estimate of drug-likeness (QED) is 0.733. The van der Waals surface area contributed by atoms with E-state index in [0.29, 0.717) is 32.6 Å². The van der Waals surface area contributed by atoms with Gasteiger partial charge in [-0.3, -0.25) is 0 Å². The number of carbonyl (C=O) groups excluding carboxylic acids is 2. The van der Waals surface area contributed by atoms with E-state index in [1.165, 1.54) is 21.7 Å². The first-order valence-electron chi connectivity index (χ1n) is 7.33. The number of sulfonamides is 1. The Kier molecular flexibility index (Phi) is 4.22. The Labute approximate surface area is 133 Å². The van der Waals surface area contributed by atoms with Crippen molar-refractivity contribution in [2.75, 3.05) is 39.3 Å². The van der Waals surface area contributed by atoms with Gasteiger partial charge in [0.1, 0.15) is 0 Å². The van der Waals surface area contributed by atoms with Crippen LogP contribution in [0.1, 0.15) is 6.42 Å². The Balaban J connectivity index is 1.68. The second kappa shape index (κ2) is 6.16. The Morgan fingerprint density at radius 2 is 2.00 bits per heavy atom. The number of aromatic amines is 1. The monoisotopic (exact) mass is 342 g/mol. The summed E-state index contributed by atoms with van der Waals surface area (Å²) in [4.78, 5) is 32.9. The number of imide groups is 1. The topological polar surface area (TPSA) is 119 Å². The van der Waals surface area contributed by atoms with Crippen LogP contribution in [0.2, 0.25) is 0 Å². The first-order chi connectivity index (χ1) is 11.0. The van der Waals surface area contributed by atoms with E-state index in [0.717, 1.165) is 4.90 Å². The minimum absolute atomic E-state index is 0.0381. The largest absolute Gasteiger partial charge is 0.336 e. The van der Waals surface area contributed by atoms with Crippen LogP contribution in [0.15, 0.2) is 17.6 Å². The molecule has 0 aromatic carbocycles. The first kappa shape index (κ1) is 15.7. The molecule has 0 unspecified atom stereocenters. The lowest BCUT2D eigenvalue weighted by atomic mass is 10.4. The summed E-state index contributed by atoms with van der Waals surface area (Å²) in [5, 5.41) is 2.62. The molecule has 3 heterocycles. The van der Waals surface area contributed by atoms with Crippen molar-refractivity contribution >= 4 is 22.1 Å². The molecule has 3 rings (SSSR count). The van der Waals surface area contributed by atoms with Crippen LogP contribution < -0.4 is 5.32 Å². The third-order valence-corrected chi connectivity index (χ3v) is 5.73. The van der Waals surface area contributed by atoms with Crippen LogP contribution in [0.25, 0.3) is 0 Å². The molecule has 0 aliphatic carbocycles. The van der Waals surface area contributed by atoms with Gasteiger partial charge in [-0.15, -0.1) is 0 Å². The molecule has 23 heavy (non-hydrogen) atoms. The summed E-state index contributed by atoms with van der Waals surface area (Å²) in [6.45, 7) is 1.94. The van der Waals surface area contributed by atoms with Crippen LogP contribution in [-0.2, 0) is 10.0 Å². The summed E-state index contributed by atoms with van der Waals surface area (Å²) in [5.74, 6) is 0. The Hall–Kier alpha value is -2.14. The molecular formula is C12H18N6O4S. The summed E-state index contributed by atoms with van der Waals surface area (Å²) in [5.41, 5.74) is 0. The lowest BCUT2D eigenvalue weighted by molar-refractivity contribution is 0.165. The van der Waals surface area contributed by atoms with Crippen molar-refractivity contribution in [3.8, 4) is 0 Å². The zero-order valence-corrected chi connectivity index (χ0v) is 13.3. The van der Waals surface area contributed by atoms with E-state index in [4.69, 9.17) is 0 Å². The number of rotatable bonds is 2. The molecule has 1 aromatic rings. The molecule has 1 aromatic heterocycles. The molecule has 10 nitrogen and oxygen atoms in total. The van der Waals surface area contributed by atoms with Crippen LogP contribution >= 0.6 is 0 Å². The van der Waals surface area contributed by atoms with E-state index in [2.05, 4.69) is 15.3 Å². The molecule has 0 atom stereocenters. The number of nitrogens with zero attached hydrogens (tertiary/aromatic N) is 4. The van der Waals surface area contributed by atoms with Crippen LogP contribution in [0, 0.1) is 0 Å². The lowest BCUT2D eigenvalue weighted by Gasteiger charge is -2.25. The van der Waals surface area contributed by atoms with Gasteiger partial charge in [-0.1, -0.05) is 0 Å². The highest BCUT2D eigenvalue weighted by molar-refractivity contribution is 7.89. The fourth-order valence-electron chi connectivity index (χ4n) is 2.67. The summed E-state index contributed by atoms with van der Waals surface area (Å²) in [7, 11) is -3.64. The highest BCUT2D eigenvalue weighted by atomic mass is 32.2. The molecule has 2 fully saturated rings. The zero-order valence-electron chi connectivity index (χ0n) is 12.4. The average molecular weight is 342 g/mol. The van der Waals surface area contributed by atoms with Gasteiger partial charge in [0.15, 0.2) is 5.03 Å². The third kappa shape index (κ3) is 3.01. The molecule has 0 radical (unpaired) electrons. The molecule has 0 bridgehead atoms. The van der Waals surface area contributed by atoms with E-state index in [1.807, 2.05) is 0 Å². The molecule has 2 aliphatic heterocycles. The number of urea groups is 2. The van der Waals surface area contributed by atoms with Gasteiger partial charge >= 0.3 is 12.1 Å². The molecule has 2 saturated heterocycles. The van der Waals surface area contributed by atoms with Crippen LogP contribution in [-0.4, -0.2) is 83.8 Å². The van der Waals surface area contributed by atoms with Gasteiger partial charge in [0.2, 0.25) is 0 Å². The van der Waals surface area contributed by atoms with Gasteiger partial charge in [-0.05, 0) is 6.42 Å². The molecule has 2 aliphatic rings. The number of aromatic nitrogens is 2. The summed E-state index contributed by atoms with van der Waals surface area (Å²) >= 11 is 0. The molecule has 0 spiro atoms. The van der Waals surface area contributed by atoms with Crippen molar-refractivity contribution in [1.82, 2.24) is 29.4 Å². The fraction of sp³-hybridized carbons (Fsp3) is 0.583. The molecular weight excluding hydrogens is 324 g/mol. The highest BCUT2D eigenvalue weighted by Crippen LogP contribution is 2.16. The predicted molar refractivity (Wildman–Crippen MR) is 79.0 cm³/mol. The van der Waals surface area contributed by atoms with Crippen molar-refractivity contribution in [1.29, 1.82) is 0 Å². The second-order valence-corrected chi connectivity index (χ2v) is 7.23. The van der Waals surface area contributed by atoms with Crippen molar-refractivity contribution < 1.29 is 18.0 Å². The summed E-state index contributed by atoms with van der Waals surface area (Å²) in [6.07, 6.45) is 3.08. The number of carbonyl (C=O) groups is 2. The van der Waals surface area contributed by atoms with Gasteiger partial charge in [-0.25, -0.2) is 27.9 Å². The van der Waals surface area contributed by atoms with Crippen LogP contribution in [0.3, 0.4) is 0 Å². The van der Waals surface area contributed by atoms with Gasteiger partial charge in [-0.2, -0.15) is 4.31 Å². The standard InChI is InChI=1S/C12H18N6O4S/c19-11-14-2-5-18(11)12(20)16-3-1-4-17(7-6-16)23(21,22)10-8-13-9-15-10/h8-9H,1-7H2,(H,13,15)(H,14,19). The van der Waals surface area contributed by atoms with Gasteiger partial charge in [0.25, 0.3) is 10.0 Å². The Morgan fingerprint density at radius 1 is 1.17 bits per heavy atom. The average Bonchev–Trinajstić information content (AvgIpc) is 3.13. The van der Waals surface area contributed by atoms with E-state index in [1.54, 1.807) is 0 Å². The van der Waals surface area contributed by atoms with Gasteiger partial charge < -0.3 is 15.2 Å². The molecule has 11 heteroatoms. The number of H-pyrrole nitrogens is 1. The van der Waals surface area contributed by atoms with Crippen molar-refractivity contribution in [3.63, 3.8) is 0 Å². The van der Waals surface area contributed by atoms with E-state index < -0.39 is 16.1 Å². The second-order valence-electron chi connectivity index (χ2n) is 5.33. The molecule has 4 amide bonds. The smallest absolute Gasteiger partial charge is 0.328 e. The number of amides is 4. The molecule has 2 N–H and O–H groups in total. The number of hydrogen-bond donors (Lipinski definition) is 2. The fourth-order valence-corrected chi connectivity index (χ4v) is 4.04. The highest BCUT2D eigenvalue weighted by Gasteiger charge is 2.33. The Morgan fingerprint density at radius 3 is 2.65 bits per heavy atom. The van der Waals surface area contributed by atoms with E-state index >= 15 is 0 Å². The third-order valence-electron chi connectivity index (χ3n) is 3.90. The summed E-state index contributed by atoms with van der Waals surface area (Å²) < 4.78 is 26.3. The van der Waals surface area contributed by atoms with Crippen molar-refractivity contribution in [2.45, 2.75) is 11.4 Å². The zero-order chi connectivity index (χ0) is 16.4. The number of imidazole rings is 1. The Bertz CT molecular complexity index is 688. The maximum Gasteiger partial charge on any atom is 0.328 e. The van der Waals surface area contributed by atoms with E-state index in [-0.39, 0.29) is 24.1 Å². The minimum Gasteiger partial charge on any atom is -0.336 e. The number of hydrogen-bond acceptors (Lipinski definition) is 5. The first-order valence-corrected chi connectivity index (χ1v) is 8.77. The van der Waals surface area contributed by atoms with Crippen LogP contribution in [0.5, 0.6) is 0 Å². The number of nitrogens with one attached hydrogen (secondary N) is 2. The van der Waals surface area contributed by atoms with Gasteiger partial charge in [0.05, 0.1) is 12.5 Å². The van der Waals surface area contributed by atoms with Crippen molar-refractivity contribution in [3.05, 3.63) is 12.5 Å². The molecule has 126 valence electrons. The lowest BCUT2D eigenvalue weighted by Crippen LogP contribution is -2.46. The minimum atomic E-state index is -3.64. The summed E-state index contributed by atoms with van der Waals surface area (Å²) in [6, 6.07) is -0.776. The SMILES string of the molecule is O=C1NCCN1C(=O)N1CCCN(S(=O)(=O)c2cnc[nH]2)CC1. The maximum absolute atomic E-state index is 12.5. The predicted octanol–water partition coefficient (Wildman–Crippen LogP) is -0.749. The van der Waals surface area contributed by atoms with Crippen LogP contribution in [0.4, 0.5) is 9.59 Å². The van der Waals surface area contributed by atoms with E-state index in [9.17, 15) is 18.0 Å².